The average Bonchev–Trinajstić information content (AvgIpc) is 1.86. The van der Waals surface area contributed by atoms with Gasteiger partial charge in [0.05, 0.1) is 6.61 Å². The maximum atomic E-state index is 9.08. The van der Waals surface area contributed by atoms with Crippen molar-refractivity contribution in [3.05, 3.63) is 0 Å². The molecule has 5 N–H and O–H groups in total. The Morgan fingerprint density at radius 3 is 2.11 bits per heavy atom. The summed E-state index contributed by atoms with van der Waals surface area (Å²) in [6, 6.07) is 0. The Balaban J connectivity index is 3.92. The SMILES string of the molecule is CCC(O)(CO)C(N)O. The number of aliphatic hydroxyl groups is 3. The summed E-state index contributed by atoms with van der Waals surface area (Å²) in [4.78, 5) is 0. The third kappa shape index (κ3) is 1.91. The molecular formula is C5H13NO3. The Labute approximate surface area is 53.9 Å². The lowest BCUT2D eigenvalue weighted by atomic mass is 10.0. The predicted molar refractivity (Wildman–Crippen MR) is 32.5 cm³/mol. The molecule has 0 saturated heterocycles. The van der Waals surface area contributed by atoms with Gasteiger partial charge in [-0.2, -0.15) is 0 Å². The molecule has 0 saturated carbocycles. The first-order chi connectivity index (χ1) is 4.06. The number of hydrogen-bond donors (Lipinski definition) is 4. The van der Waals surface area contributed by atoms with E-state index in [0.29, 0.717) is 0 Å². The molecular weight excluding hydrogens is 122 g/mol. The Morgan fingerprint density at radius 1 is 1.67 bits per heavy atom. The molecule has 0 aliphatic heterocycles. The highest BCUT2D eigenvalue weighted by Gasteiger charge is 2.29. The Morgan fingerprint density at radius 2 is 2.11 bits per heavy atom. The van der Waals surface area contributed by atoms with Crippen LogP contribution in [0.2, 0.25) is 0 Å². The second-order valence-corrected chi connectivity index (χ2v) is 2.06. The van der Waals surface area contributed by atoms with Crippen molar-refractivity contribution >= 4 is 0 Å². The van der Waals surface area contributed by atoms with Gasteiger partial charge < -0.3 is 21.1 Å². The van der Waals surface area contributed by atoms with Crippen LogP contribution < -0.4 is 5.73 Å². The minimum Gasteiger partial charge on any atom is -0.393 e. The van der Waals surface area contributed by atoms with E-state index in [2.05, 4.69) is 0 Å². The highest BCUT2D eigenvalue weighted by molar-refractivity contribution is 4.79. The second kappa shape index (κ2) is 3.12. The molecule has 0 aliphatic rings. The monoisotopic (exact) mass is 135 g/mol. The smallest absolute Gasteiger partial charge is 0.133 e. The summed E-state index contributed by atoms with van der Waals surface area (Å²) in [6.45, 7) is 1.12. The maximum Gasteiger partial charge on any atom is 0.133 e. The van der Waals surface area contributed by atoms with E-state index in [9.17, 15) is 0 Å². The van der Waals surface area contributed by atoms with Gasteiger partial charge in [0, 0.05) is 0 Å². The van der Waals surface area contributed by atoms with E-state index in [1.165, 1.54) is 0 Å². The van der Waals surface area contributed by atoms with E-state index >= 15 is 0 Å². The fraction of sp³-hybridized carbons (Fsp3) is 1.00. The quantitative estimate of drug-likeness (QED) is 0.351. The molecule has 0 fully saturated rings. The topological polar surface area (TPSA) is 86.7 Å². The van der Waals surface area contributed by atoms with Crippen LogP contribution in [0.3, 0.4) is 0 Å². The lowest BCUT2D eigenvalue weighted by Gasteiger charge is -2.26. The highest BCUT2D eigenvalue weighted by atomic mass is 16.4. The second-order valence-electron chi connectivity index (χ2n) is 2.06. The van der Waals surface area contributed by atoms with Crippen LogP contribution >= 0.6 is 0 Å². The zero-order valence-corrected chi connectivity index (χ0v) is 5.41. The molecule has 0 rings (SSSR count). The van der Waals surface area contributed by atoms with Gasteiger partial charge >= 0.3 is 0 Å². The van der Waals surface area contributed by atoms with Crippen molar-refractivity contribution in [1.82, 2.24) is 0 Å². The third-order valence-electron chi connectivity index (χ3n) is 1.44. The average molecular weight is 135 g/mol. The normalized spacial score (nSPS) is 21.0. The maximum absolute atomic E-state index is 9.08. The van der Waals surface area contributed by atoms with E-state index in [-0.39, 0.29) is 6.42 Å². The predicted octanol–water partition coefficient (Wildman–Crippen LogP) is -1.60. The fourth-order valence-corrected chi connectivity index (χ4v) is 0.414. The van der Waals surface area contributed by atoms with Crippen LogP contribution in [0.15, 0.2) is 0 Å². The largest absolute Gasteiger partial charge is 0.393 e. The van der Waals surface area contributed by atoms with E-state index < -0.39 is 18.4 Å². The Hall–Kier alpha value is -0.160. The van der Waals surface area contributed by atoms with Crippen molar-refractivity contribution in [3.63, 3.8) is 0 Å². The first-order valence-electron chi connectivity index (χ1n) is 2.83. The molecule has 0 amide bonds. The summed E-state index contributed by atoms with van der Waals surface area (Å²) in [7, 11) is 0. The molecule has 0 aromatic carbocycles. The standard InChI is InChI=1S/C5H13NO3/c1-2-5(9,3-7)4(6)8/h4,7-9H,2-3,6H2,1H3. The van der Waals surface area contributed by atoms with Gasteiger partial charge in [-0.05, 0) is 6.42 Å². The van der Waals surface area contributed by atoms with Crippen molar-refractivity contribution in [2.24, 2.45) is 5.73 Å². The fourth-order valence-electron chi connectivity index (χ4n) is 0.414. The molecule has 56 valence electrons. The molecule has 0 bridgehead atoms. The summed E-state index contributed by atoms with van der Waals surface area (Å²) >= 11 is 0. The van der Waals surface area contributed by atoms with Crippen LogP contribution in [0.5, 0.6) is 0 Å². The number of hydrogen-bond acceptors (Lipinski definition) is 4. The van der Waals surface area contributed by atoms with E-state index in [1.54, 1.807) is 6.92 Å². The van der Waals surface area contributed by atoms with Crippen LogP contribution in [-0.2, 0) is 0 Å². The Bertz CT molecular complexity index is 80.3. The molecule has 0 aliphatic carbocycles. The lowest BCUT2D eigenvalue weighted by molar-refractivity contribution is -0.104. The summed E-state index contributed by atoms with van der Waals surface area (Å²) in [5, 5.41) is 26.2. The van der Waals surface area contributed by atoms with Gasteiger partial charge in [0.25, 0.3) is 0 Å². The van der Waals surface area contributed by atoms with Crippen LogP contribution in [0.1, 0.15) is 13.3 Å². The van der Waals surface area contributed by atoms with Gasteiger partial charge in [-0.25, -0.2) is 0 Å². The summed E-state index contributed by atoms with van der Waals surface area (Å²) in [5.74, 6) is 0. The highest BCUT2D eigenvalue weighted by Crippen LogP contribution is 2.09. The van der Waals surface area contributed by atoms with Gasteiger partial charge in [-0.15, -0.1) is 0 Å². The van der Waals surface area contributed by atoms with Gasteiger partial charge in [0.2, 0.25) is 0 Å². The lowest BCUT2D eigenvalue weighted by Crippen LogP contribution is -2.50. The van der Waals surface area contributed by atoms with Crippen molar-refractivity contribution < 1.29 is 15.3 Å². The van der Waals surface area contributed by atoms with E-state index in [4.69, 9.17) is 21.1 Å². The molecule has 0 aromatic heterocycles. The van der Waals surface area contributed by atoms with Crippen LogP contribution in [0.25, 0.3) is 0 Å². The van der Waals surface area contributed by atoms with Gasteiger partial charge in [-0.3, -0.25) is 0 Å². The molecule has 4 nitrogen and oxygen atoms in total. The van der Waals surface area contributed by atoms with Gasteiger partial charge in [0.15, 0.2) is 0 Å². The minimum absolute atomic E-state index is 0.237. The van der Waals surface area contributed by atoms with Crippen LogP contribution in [0, 0.1) is 0 Å². The van der Waals surface area contributed by atoms with Crippen molar-refractivity contribution in [1.29, 1.82) is 0 Å². The summed E-state index contributed by atoms with van der Waals surface area (Å²) in [6.07, 6.45) is -1.13. The first kappa shape index (κ1) is 8.84. The van der Waals surface area contributed by atoms with Crippen molar-refractivity contribution in [2.45, 2.75) is 25.2 Å². The van der Waals surface area contributed by atoms with Gasteiger partial charge in [0.1, 0.15) is 11.8 Å². The van der Waals surface area contributed by atoms with Crippen LogP contribution in [0.4, 0.5) is 0 Å². The van der Waals surface area contributed by atoms with Gasteiger partial charge in [-0.1, -0.05) is 6.92 Å². The molecule has 4 heteroatoms. The molecule has 0 aromatic rings. The first-order valence-corrected chi connectivity index (χ1v) is 2.83. The number of aliphatic hydroxyl groups excluding tert-OH is 2. The molecule has 0 spiro atoms. The van der Waals surface area contributed by atoms with Crippen molar-refractivity contribution in [3.8, 4) is 0 Å². The molecule has 9 heavy (non-hydrogen) atoms. The third-order valence-corrected chi connectivity index (χ3v) is 1.44. The zero-order valence-electron chi connectivity index (χ0n) is 5.41. The molecule has 2 unspecified atom stereocenters. The molecule has 0 heterocycles. The molecule has 0 radical (unpaired) electrons. The van der Waals surface area contributed by atoms with E-state index in [0.717, 1.165) is 0 Å². The number of rotatable bonds is 3. The Kier molecular flexibility index (Phi) is 3.07. The van der Waals surface area contributed by atoms with E-state index in [1.807, 2.05) is 0 Å². The van der Waals surface area contributed by atoms with Crippen LogP contribution in [-0.4, -0.2) is 33.8 Å². The number of nitrogens with two attached hydrogens (primary N) is 1. The summed E-state index contributed by atoms with van der Waals surface area (Å²) < 4.78 is 0. The minimum atomic E-state index is -1.53. The zero-order chi connectivity index (χ0) is 7.49. The van der Waals surface area contributed by atoms with Crippen molar-refractivity contribution in [2.75, 3.05) is 6.61 Å². The summed E-state index contributed by atoms with van der Waals surface area (Å²) in [5.41, 5.74) is 3.41. The molecule has 2 atom stereocenters.